The number of carbonyl (C=O) groups excluding carboxylic acids is 1. The second-order valence-electron chi connectivity index (χ2n) is 17.7. The van der Waals surface area contributed by atoms with Crippen molar-refractivity contribution < 1.29 is 22.8 Å². The average molecular weight is 702 g/mol. The van der Waals surface area contributed by atoms with Crippen LogP contribution in [0.1, 0.15) is 73.4 Å². The number of rotatable bonds is 15. The van der Waals surface area contributed by atoms with Gasteiger partial charge in [-0.1, -0.05) is 123 Å². The lowest BCUT2D eigenvalue weighted by atomic mass is 10.0. The Kier molecular flexibility index (Phi) is 14.1. The SMILES string of the molecule is COC(=O)[C@@H](O[Si](C)(C)C(C)(C)C)[C@@H](O[Si](C)(C)C(C)(C)C)[C@H](CO[Si](C)(C)C(C)(C)C)N(Cc1ccccc1)Cc1ccccc1. The predicted molar refractivity (Wildman–Crippen MR) is 205 cm³/mol. The molecule has 266 valence electrons. The highest BCUT2D eigenvalue weighted by Gasteiger charge is 2.51. The molecule has 47 heavy (non-hydrogen) atoms. The molecule has 0 fully saturated rings. The van der Waals surface area contributed by atoms with Crippen molar-refractivity contribution in [3.05, 3.63) is 71.8 Å². The van der Waals surface area contributed by atoms with E-state index < -0.39 is 43.1 Å². The number of benzene rings is 2. The molecule has 2 aromatic rings. The minimum atomic E-state index is -2.47. The van der Waals surface area contributed by atoms with Crippen molar-refractivity contribution in [1.82, 2.24) is 4.90 Å². The summed E-state index contributed by atoms with van der Waals surface area (Å²) in [5, 5.41) is -0.213. The summed E-state index contributed by atoms with van der Waals surface area (Å²) in [6.45, 7) is 35.3. The predicted octanol–water partition coefficient (Wildman–Crippen LogP) is 10.0. The number of ether oxygens (including phenoxy) is 1. The van der Waals surface area contributed by atoms with E-state index in [0.717, 1.165) is 0 Å². The first-order chi connectivity index (χ1) is 21.3. The molecule has 0 aromatic heterocycles. The van der Waals surface area contributed by atoms with Crippen LogP contribution in [0.3, 0.4) is 0 Å². The zero-order valence-corrected chi connectivity index (χ0v) is 35.6. The van der Waals surface area contributed by atoms with E-state index >= 15 is 0 Å². The maximum atomic E-state index is 14.1. The van der Waals surface area contributed by atoms with Crippen molar-refractivity contribution in [3.63, 3.8) is 0 Å². The van der Waals surface area contributed by atoms with E-state index in [0.29, 0.717) is 19.7 Å². The first kappa shape index (κ1) is 41.6. The fraction of sp³-hybridized carbons (Fsp3) is 0.658. The molecule has 0 spiro atoms. The lowest BCUT2D eigenvalue weighted by molar-refractivity contribution is -0.158. The van der Waals surface area contributed by atoms with E-state index in [1.54, 1.807) is 0 Å². The monoisotopic (exact) mass is 701 g/mol. The standard InChI is InChI=1S/C38H67NO5Si3/c1-36(2,3)45(11,12)42-29-32(39(27-30-23-19-17-20-24-30)28-31-25-21-18-22-26-31)33(43-46(13,14)37(4,5)6)34(35(40)41-10)44-47(15,16)38(7,8)9/h17-26,32-34H,27-29H2,1-16H3/t32-,33-,34-/m0/s1. The lowest BCUT2D eigenvalue weighted by Gasteiger charge is -2.49. The van der Waals surface area contributed by atoms with Gasteiger partial charge in [-0.3, -0.25) is 4.90 Å². The van der Waals surface area contributed by atoms with E-state index in [4.69, 9.17) is 18.0 Å². The third-order valence-electron chi connectivity index (χ3n) is 10.9. The Hall–Kier alpha value is -1.60. The molecular formula is C38H67NO5Si3. The molecule has 2 rings (SSSR count). The Morgan fingerprint density at radius 1 is 0.638 bits per heavy atom. The zero-order chi connectivity index (χ0) is 36.1. The molecule has 9 heteroatoms. The second-order valence-corrected chi connectivity index (χ2v) is 32.0. The van der Waals surface area contributed by atoms with Crippen LogP contribution in [0.2, 0.25) is 54.4 Å². The molecule has 0 aliphatic rings. The maximum absolute atomic E-state index is 14.1. The van der Waals surface area contributed by atoms with Crippen molar-refractivity contribution in [2.24, 2.45) is 0 Å². The summed E-state index contributed by atoms with van der Waals surface area (Å²) < 4.78 is 27.2. The van der Waals surface area contributed by atoms with Gasteiger partial charge in [-0.15, -0.1) is 0 Å². The third kappa shape index (κ3) is 11.5. The summed E-state index contributed by atoms with van der Waals surface area (Å²) in [4.78, 5) is 16.5. The molecule has 0 saturated carbocycles. The van der Waals surface area contributed by atoms with Crippen LogP contribution in [0.4, 0.5) is 0 Å². The molecule has 0 aliphatic carbocycles. The molecule has 0 amide bonds. The van der Waals surface area contributed by atoms with Gasteiger partial charge in [0.1, 0.15) is 0 Å². The number of nitrogens with zero attached hydrogens (tertiary/aromatic N) is 1. The molecule has 0 unspecified atom stereocenters. The molecule has 0 N–H and O–H groups in total. The molecule has 6 nitrogen and oxygen atoms in total. The summed E-state index contributed by atoms with van der Waals surface area (Å²) in [5.41, 5.74) is 2.37. The van der Waals surface area contributed by atoms with Crippen LogP contribution >= 0.6 is 0 Å². The average Bonchev–Trinajstić information content (AvgIpc) is 2.94. The van der Waals surface area contributed by atoms with Gasteiger partial charge in [-0.2, -0.15) is 0 Å². The topological polar surface area (TPSA) is 57.2 Å². The summed E-state index contributed by atoms with van der Waals surface area (Å²) in [7, 11) is -5.67. The Bertz CT molecular complexity index is 1210. The molecule has 0 aliphatic heterocycles. The number of carbonyl (C=O) groups is 1. The minimum Gasteiger partial charge on any atom is -0.467 e. The highest BCUT2D eigenvalue weighted by atomic mass is 28.4. The summed E-state index contributed by atoms with van der Waals surface area (Å²) in [5.74, 6) is -0.393. The zero-order valence-electron chi connectivity index (χ0n) is 32.6. The van der Waals surface area contributed by atoms with Gasteiger partial charge in [0.25, 0.3) is 0 Å². The van der Waals surface area contributed by atoms with Crippen LogP contribution in [-0.2, 0) is 35.9 Å². The smallest absolute Gasteiger partial charge is 0.336 e. The number of methoxy groups -OCH3 is 1. The molecule has 3 atom stereocenters. The van der Waals surface area contributed by atoms with Gasteiger partial charge in [-0.25, -0.2) is 4.79 Å². The van der Waals surface area contributed by atoms with Crippen molar-refractivity contribution in [2.75, 3.05) is 13.7 Å². The van der Waals surface area contributed by atoms with E-state index in [1.807, 2.05) is 12.1 Å². The van der Waals surface area contributed by atoms with Crippen LogP contribution in [0, 0.1) is 0 Å². The highest BCUT2D eigenvalue weighted by molar-refractivity contribution is 6.75. The van der Waals surface area contributed by atoms with E-state index in [1.165, 1.54) is 18.2 Å². The van der Waals surface area contributed by atoms with Crippen LogP contribution in [0.5, 0.6) is 0 Å². The molecule has 2 aromatic carbocycles. The number of esters is 1. The van der Waals surface area contributed by atoms with Gasteiger partial charge >= 0.3 is 5.97 Å². The largest absolute Gasteiger partial charge is 0.467 e. The van der Waals surface area contributed by atoms with Crippen LogP contribution in [0.15, 0.2) is 60.7 Å². The normalized spacial score (nSPS) is 15.8. The molecule has 0 radical (unpaired) electrons. The maximum Gasteiger partial charge on any atom is 0.336 e. The molecule has 0 bridgehead atoms. The van der Waals surface area contributed by atoms with Gasteiger partial charge in [0.2, 0.25) is 0 Å². The first-order valence-corrected chi connectivity index (χ1v) is 25.9. The lowest BCUT2D eigenvalue weighted by Crippen LogP contribution is -2.62. The Morgan fingerprint density at radius 3 is 1.38 bits per heavy atom. The van der Waals surface area contributed by atoms with Crippen molar-refractivity contribution in [3.8, 4) is 0 Å². The van der Waals surface area contributed by atoms with Gasteiger partial charge in [0, 0.05) is 13.1 Å². The molecule has 0 heterocycles. The summed E-state index contributed by atoms with van der Waals surface area (Å²) >= 11 is 0. The van der Waals surface area contributed by atoms with Gasteiger partial charge in [-0.05, 0) is 65.5 Å². The summed E-state index contributed by atoms with van der Waals surface area (Å²) in [6, 6.07) is 20.8. The van der Waals surface area contributed by atoms with E-state index in [9.17, 15) is 4.79 Å². The fourth-order valence-corrected chi connectivity index (χ4v) is 8.12. The Balaban J connectivity index is 2.91. The van der Waals surface area contributed by atoms with Crippen LogP contribution < -0.4 is 0 Å². The third-order valence-corrected chi connectivity index (χ3v) is 24.4. The minimum absolute atomic E-state index is 0.0103. The van der Waals surface area contributed by atoms with Crippen molar-refractivity contribution in [2.45, 2.75) is 148 Å². The van der Waals surface area contributed by atoms with Gasteiger partial charge < -0.3 is 18.0 Å². The van der Waals surface area contributed by atoms with Crippen molar-refractivity contribution >= 4 is 30.9 Å². The van der Waals surface area contributed by atoms with Crippen LogP contribution in [-0.4, -0.2) is 67.8 Å². The van der Waals surface area contributed by atoms with Gasteiger partial charge in [0.05, 0.1) is 25.9 Å². The van der Waals surface area contributed by atoms with Gasteiger partial charge in [0.15, 0.2) is 31.1 Å². The Morgan fingerprint density at radius 2 is 1.02 bits per heavy atom. The summed E-state index contributed by atoms with van der Waals surface area (Å²) in [6.07, 6.45) is -1.55. The quantitative estimate of drug-likeness (QED) is 0.136. The first-order valence-electron chi connectivity index (χ1n) is 17.2. The van der Waals surface area contributed by atoms with E-state index in [2.05, 4.69) is 155 Å². The Labute approximate surface area is 291 Å². The molecule has 0 saturated heterocycles. The fourth-order valence-electron chi connectivity index (χ4n) is 4.56. The number of hydrogen-bond donors (Lipinski definition) is 0. The van der Waals surface area contributed by atoms with Crippen LogP contribution in [0.25, 0.3) is 0 Å². The second kappa shape index (κ2) is 16.0. The highest BCUT2D eigenvalue weighted by Crippen LogP contribution is 2.42. The van der Waals surface area contributed by atoms with Crippen molar-refractivity contribution in [1.29, 1.82) is 0 Å². The van der Waals surface area contributed by atoms with E-state index in [-0.39, 0.29) is 21.2 Å². The molecular weight excluding hydrogens is 635 g/mol. The number of hydrogen-bond acceptors (Lipinski definition) is 6.